The summed E-state index contributed by atoms with van der Waals surface area (Å²) < 4.78 is 4.26. The first kappa shape index (κ1) is 25.3. The number of carboxylic acids is 1. The van der Waals surface area contributed by atoms with Crippen molar-refractivity contribution in [2.75, 3.05) is 13.6 Å². The van der Waals surface area contributed by atoms with E-state index in [9.17, 15) is 14.4 Å². The Bertz CT molecular complexity index is 704. The van der Waals surface area contributed by atoms with Crippen molar-refractivity contribution in [3.05, 3.63) is 67.3 Å². The van der Waals surface area contributed by atoms with Crippen LogP contribution in [0.4, 0.5) is 4.79 Å². The molecule has 0 fully saturated rings. The number of carbonyl (C=O) groups is 3. The van der Waals surface area contributed by atoms with Gasteiger partial charge in [-0.2, -0.15) is 7.11 Å². The maximum absolute atomic E-state index is 11.4. The van der Waals surface area contributed by atoms with E-state index in [1.807, 2.05) is 37.3 Å². The molecule has 0 aromatic heterocycles. The van der Waals surface area contributed by atoms with E-state index < -0.39 is 18.0 Å². The minimum Gasteiger partial charge on any atom is -0.624 e. The van der Waals surface area contributed by atoms with Crippen LogP contribution in [0.5, 0.6) is 0 Å². The minimum atomic E-state index is -1.08. The van der Waals surface area contributed by atoms with Crippen molar-refractivity contribution >= 4 is 23.0 Å². The first-order valence-electron chi connectivity index (χ1n) is 8.13. The van der Waals surface area contributed by atoms with E-state index in [4.69, 9.17) is 11.7 Å². The van der Waals surface area contributed by atoms with Crippen LogP contribution in [0.3, 0.4) is 0 Å². The van der Waals surface area contributed by atoms with E-state index in [-0.39, 0.29) is 18.2 Å². The molecule has 0 spiro atoms. The summed E-state index contributed by atoms with van der Waals surface area (Å²) in [6.07, 6.45) is 2.75. The number of alkyl carbamates (subject to hydrolysis) is 1. The largest absolute Gasteiger partial charge is 0.624 e. The molecule has 2 amide bonds. The summed E-state index contributed by atoms with van der Waals surface area (Å²) in [5, 5.41) is 11.1. The zero-order valence-electron chi connectivity index (χ0n) is 15.7. The van der Waals surface area contributed by atoms with Gasteiger partial charge in [-0.1, -0.05) is 30.3 Å². The van der Waals surface area contributed by atoms with Gasteiger partial charge in [-0.25, -0.2) is 4.79 Å². The Hall–Kier alpha value is -2.73. The minimum absolute atomic E-state index is 0.0478. The molecule has 0 saturated carbocycles. The molecule has 7 nitrogen and oxygen atoms in total. The third kappa shape index (κ3) is 11.1. The quantitative estimate of drug-likeness (QED) is 0.284. The third-order valence-corrected chi connectivity index (χ3v) is 3.42. The van der Waals surface area contributed by atoms with Crippen LogP contribution in [-0.4, -0.2) is 52.6 Å². The summed E-state index contributed by atoms with van der Waals surface area (Å²) in [4.78, 5) is 34.9. The Labute approximate surface area is 173 Å². The Balaban J connectivity index is 0.000000521. The van der Waals surface area contributed by atoms with Gasteiger partial charge in [-0.3, -0.25) is 0 Å². The van der Waals surface area contributed by atoms with Gasteiger partial charge >= 0.3 is 95.5 Å². The number of rotatable bonds is 8. The number of aliphatic carboxylic acids is 1. The first-order chi connectivity index (χ1) is 13.2. The number of benzene rings is 1. The van der Waals surface area contributed by atoms with Crippen molar-refractivity contribution in [3.8, 4) is 0 Å². The second-order valence-electron chi connectivity index (χ2n) is 5.62. The van der Waals surface area contributed by atoms with Gasteiger partial charge in [0, 0.05) is 6.04 Å². The topological polar surface area (TPSA) is 95.9 Å². The van der Waals surface area contributed by atoms with Crippen molar-refractivity contribution in [1.82, 2.24) is 10.2 Å². The average Bonchev–Trinajstić information content (AvgIpc) is 2.66. The number of nitrogens with one attached hydrogen (secondary N) is 1. The van der Waals surface area contributed by atoms with Crippen molar-refractivity contribution in [3.63, 3.8) is 0 Å². The van der Waals surface area contributed by atoms with Crippen LogP contribution in [-0.2, 0) is 35.8 Å². The predicted octanol–water partition coefficient (Wildman–Crippen LogP) is 1.93. The fourth-order valence-corrected chi connectivity index (χ4v) is 2.19. The molecule has 1 aromatic rings. The number of likely N-dealkylation sites (N-methyl/N-ethyl adjacent to an activating group) is 1. The van der Waals surface area contributed by atoms with Crippen molar-refractivity contribution in [1.29, 1.82) is 0 Å². The number of allylic oxidation sites excluding steroid dienone is 1. The monoisotopic (exact) mass is 430 g/mol. The molecule has 0 aliphatic heterocycles. The Kier molecular flexibility index (Phi) is 12.9. The second kappa shape index (κ2) is 14.3. The summed E-state index contributed by atoms with van der Waals surface area (Å²) in [5.41, 5.74) is 1.37. The molecule has 1 atom stereocenters. The number of carbonyl (C=O) groups excluding carboxylic acids is 2. The summed E-state index contributed by atoms with van der Waals surface area (Å²) in [7, 11) is 4.41. The molecule has 1 aromatic carbocycles. The number of amides is 2. The fraction of sp³-hybridized carbons (Fsp3) is 0.250. The van der Waals surface area contributed by atoms with Gasteiger partial charge in [-0.05, 0) is 18.9 Å². The van der Waals surface area contributed by atoms with Crippen LogP contribution in [0.2, 0.25) is 0 Å². The smallest absolute Gasteiger partial charge is 0.375 e. The molecule has 0 radical (unpaired) electrons. The molecule has 0 aliphatic carbocycles. The normalized spacial score (nSPS) is 11.2. The van der Waals surface area contributed by atoms with E-state index in [0.29, 0.717) is 0 Å². The number of carboxylic acid groups (broad SMARTS) is 1. The first-order valence-corrected chi connectivity index (χ1v) is 8.70. The van der Waals surface area contributed by atoms with E-state index in [2.05, 4.69) is 32.2 Å². The van der Waals surface area contributed by atoms with E-state index >= 15 is 0 Å². The molecule has 0 unspecified atom stereocenters. The van der Waals surface area contributed by atoms with E-state index in [1.54, 1.807) is 0 Å². The van der Waals surface area contributed by atoms with Gasteiger partial charge in [0.25, 0.3) is 0 Å². The number of nitrogens with zero attached hydrogens (tertiary/aromatic N) is 1. The summed E-state index contributed by atoms with van der Waals surface area (Å²) >= 11 is 4.25. The molecule has 1 rings (SSSR count). The molecule has 8 heteroatoms. The molecule has 2 N–H and O–H groups in total. The maximum atomic E-state index is 11.4. The van der Waals surface area contributed by atoms with Crippen LogP contribution in [0, 0.1) is 13.7 Å². The number of ether oxygens (including phenoxy) is 1. The van der Waals surface area contributed by atoms with Crippen LogP contribution in [0.1, 0.15) is 12.5 Å². The Morgan fingerprint density at radius 3 is 2.43 bits per heavy atom. The molecule has 0 bridgehead atoms. The summed E-state index contributed by atoms with van der Waals surface area (Å²) in [6, 6.07) is 10.0. The van der Waals surface area contributed by atoms with Crippen LogP contribution in [0.15, 0.2) is 48.1 Å². The third-order valence-electron chi connectivity index (χ3n) is 3.26. The van der Waals surface area contributed by atoms with Gasteiger partial charge in [-0.15, -0.1) is 0 Å². The molecule has 28 heavy (non-hydrogen) atoms. The number of hydrogen-bond acceptors (Lipinski definition) is 4. The van der Waals surface area contributed by atoms with Gasteiger partial charge in [0.05, 0.1) is 0 Å². The molecular formula is C20H24N2NiO5-2. The van der Waals surface area contributed by atoms with E-state index in [0.717, 1.165) is 17.4 Å². The zero-order chi connectivity index (χ0) is 21.5. The molecule has 156 valence electrons. The van der Waals surface area contributed by atoms with Gasteiger partial charge in [0.2, 0.25) is 0 Å². The Morgan fingerprint density at radius 2 is 1.96 bits per heavy atom. The van der Waals surface area contributed by atoms with Crippen molar-refractivity contribution in [2.24, 2.45) is 0 Å². The van der Waals surface area contributed by atoms with Gasteiger partial charge in [0.15, 0.2) is 0 Å². The summed E-state index contributed by atoms with van der Waals surface area (Å²) in [6.45, 7) is 6.73. The SMILES string of the molecule is [CH-]=C/C(=C\[CH]=[Ni])C(=O)N(C)CC(=O)O.[CH2-]OC(=O)N[C@@H](C)Cc1ccccc1. The molecular weight excluding hydrogens is 407 g/mol. The van der Waals surface area contributed by atoms with Gasteiger partial charge in [0.1, 0.15) is 0 Å². The van der Waals surface area contributed by atoms with Crippen LogP contribution >= 0.6 is 0 Å². The Morgan fingerprint density at radius 1 is 1.36 bits per heavy atom. The molecule has 0 saturated heterocycles. The van der Waals surface area contributed by atoms with Gasteiger partial charge < -0.3 is 10.1 Å². The fourth-order valence-electron chi connectivity index (χ4n) is 2.01. The molecule has 0 aliphatic rings. The molecule has 0 heterocycles. The van der Waals surface area contributed by atoms with Crippen LogP contribution < -0.4 is 5.32 Å². The average molecular weight is 431 g/mol. The standard InChI is InChI=1S/C11H14NO2.C9H10NO3.Ni/c1-9(12-11(13)14-2)8-10-6-4-3-5-7-10;1-4-7(5-2)9(13)10(3)6-8(11)12;/h3-7,9H,2,8H2,1H3,(H,12,13);1-2,4-5H,6H2,3H3,(H,11,12);/q2*-1;/b;7-4+;/t9-;;/m0../s1. The van der Waals surface area contributed by atoms with E-state index in [1.165, 1.54) is 23.7 Å². The van der Waals surface area contributed by atoms with Crippen molar-refractivity contribution in [2.45, 2.75) is 19.4 Å². The number of hydrogen-bond donors (Lipinski definition) is 2. The summed E-state index contributed by atoms with van der Waals surface area (Å²) in [5.74, 6) is -1.55. The zero-order valence-corrected chi connectivity index (χ0v) is 16.7. The van der Waals surface area contributed by atoms with Crippen molar-refractivity contribution < 1.29 is 39.3 Å². The van der Waals surface area contributed by atoms with Crippen LogP contribution in [0.25, 0.3) is 0 Å². The predicted molar refractivity (Wildman–Crippen MR) is 103 cm³/mol. The maximum Gasteiger partial charge on any atom is 0.375 e. The second-order valence-corrected chi connectivity index (χ2v) is 5.95.